The summed E-state index contributed by atoms with van der Waals surface area (Å²) in [5.74, 6) is 1.34. The van der Waals surface area contributed by atoms with Gasteiger partial charge in [-0.2, -0.15) is 0 Å². The van der Waals surface area contributed by atoms with Crippen molar-refractivity contribution in [1.29, 1.82) is 0 Å². The average molecular weight is 330 g/mol. The van der Waals surface area contributed by atoms with Crippen molar-refractivity contribution in [1.82, 2.24) is 4.98 Å². The second-order valence-corrected chi connectivity index (χ2v) is 7.55. The molecule has 0 spiro atoms. The fraction of sp³-hybridized carbons (Fsp3) is 0.733. The highest BCUT2D eigenvalue weighted by molar-refractivity contribution is 7.15. The Kier molecular flexibility index (Phi) is 5.28. The highest BCUT2D eigenvalue weighted by Gasteiger charge is 2.40. The van der Waals surface area contributed by atoms with Gasteiger partial charge in [0.25, 0.3) is 0 Å². The summed E-state index contributed by atoms with van der Waals surface area (Å²) in [7, 11) is 0. The molecule has 0 aromatic carbocycles. The van der Waals surface area contributed by atoms with Crippen LogP contribution in [-0.2, 0) is 4.79 Å². The lowest BCUT2D eigenvalue weighted by Gasteiger charge is -2.43. The van der Waals surface area contributed by atoms with Crippen LogP contribution in [0, 0.1) is 31.6 Å². The third-order valence-electron chi connectivity index (χ3n) is 5.04. The Hall–Kier alpha value is -0.650. The fourth-order valence-electron chi connectivity index (χ4n) is 3.74. The van der Waals surface area contributed by atoms with Crippen molar-refractivity contribution in [3.8, 4) is 0 Å². The molecule has 0 aliphatic heterocycles. The summed E-state index contributed by atoms with van der Waals surface area (Å²) in [4.78, 5) is 18.0. The lowest BCUT2D eigenvalue weighted by molar-refractivity contribution is -0.122. The van der Waals surface area contributed by atoms with Crippen molar-refractivity contribution in [2.75, 3.05) is 5.32 Å². The SMILES string of the molecule is Cc1nc(NC(=O)C2CC3CCCC(C2)C3N)sc1C.Cl. The molecule has 1 amide bonds. The Morgan fingerprint density at radius 2 is 1.90 bits per heavy atom. The van der Waals surface area contributed by atoms with Crippen LogP contribution in [0.3, 0.4) is 0 Å². The minimum absolute atomic E-state index is 0. The number of carbonyl (C=O) groups is 1. The molecule has 4 nitrogen and oxygen atoms in total. The molecule has 2 aliphatic carbocycles. The molecule has 1 aromatic rings. The number of hydrogen-bond donors (Lipinski definition) is 2. The van der Waals surface area contributed by atoms with Crippen LogP contribution in [-0.4, -0.2) is 16.9 Å². The molecular formula is C15H24ClN3OS. The van der Waals surface area contributed by atoms with Gasteiger partial charge in [0.05, 0.1) is 5.69 Å². The smallest absolute Gasteiger partial charge is 0.229 e. The van der Waals surface area contributed by atoms with Gasteiger partial charge in [0.2, 0.25) is 5.91 Å². The Morgan fingerprint density at radius 1 is 1.29 bits per heavy atom. The van der Waals surface area contributed by atoms with Crippen LogP contribution < -0.4 is 11.1 Å². The van der Waals surface area contributed by atoms with Crippen LogP contribution in [0.15, 0.2) is 0 Å². The number of aromatic nitrogens is 1. The second-order valence-electron chi connectivity index (χ2n) is 6.35. The first kappa shape index (κ1) is 16.7. The Morgan fingerprint density at radius 3 is 2.43 bits per heavy atom. The number of aryl methyl sites for hydroxylation is 2. The van der Waals surface area contributed by atoms with E-state index >= 15 is 0 Å². The van der Waals surface area contributed by atoms with E-state index in [-0.39, 0.29) is 24.2 Å². The first-order valence-electron chi connectivity index (χ1n) is 7.55. The summed E-state index contributed by atoms with van der Waals surface area (Å²) in [6, 6.07) is 0.317. The van der Waals surface area contributed by atoms with Crippen molar-refractivity contribution < 1.29 is 4.79 Å². The van der Waals surface area contributed by atoms with Crippen molar-refractivity contribution in [3.05, 3.63) is 10.6 Å². The zero-order chi connectivity index (χ0) is 14.3. The number of fused-ring (bicyclic) bond motifs is 2. The molecule has 0 saturated heterocycles. The molecule has 2 unspecified atom stereocenters. The van der Waals surface area contributed by atoms with Gasteiger partial charge in [-0.25, -0.2) is 4.98 Å². The van der Waals surface area contributed by atoms with Gasteiger partial charge in [-0.3, -0.25) is 4.79 Å². The maximum Gasteiger partial charge on any atom is 0.229 e. The average Bonchev–Trinajstić information content (AvgIpc) is 2.67. The van der Waals surface area contributed by atoms with Gasteiger partial charge in [-0.05, 0) is 51.4 Å². The molecule has 0 radical (unpaired) electrons. The maximum absolute atomic E-state index is 12.4. The van der Waals surface area contributed by atoms with E-state index in [2.05, 4.69) is 10.3 Å². The molecule has 3 N–H and O–H groups in total. The van der Waals surface area contributed by atoms with E-state index < -0.39 is 0 Å². The molecule has 1 aromatic heterocycles. The van der Waals surface area contributed by atoms with Gasteiger partial charge in [0.15, 0.2) is 5.13 Å². The zero-order valence-electron chi connectivity index (χ0n) is 12.6. The molecule has 2 atom stereocenters. The quantitative estimate of drug-likeness (QED) is 0.875. The Balaban J connectivity index is 0.00000161. The second kappa shape index (κ2) is 6.63. The van der Waals surface area contributed by atoms with Crippen LogP contribution in [0.4, 0.5) is 5.13 Å². The summed E-state index contributed by atoms with van der Waals surface area (Å²) in [5, 5.41) is 3.75. The van der Waals surface area contributed by atoms with Gasteiger partial charge >= 0.3 is 0 Å². The van der Waals surface area contributed by atoms with Crippen molar-refractivity contribution in [2.24, 2.45) is 23.5 Å². The van der Waals surface area contributed by atoms with Gasteiger partial charge < -0.3 is 11.1 Å². The van der Waals surface area contributed by atoms with Gasteiger partial charge in [-0.15, -0.1) is 23.7 Å². The third kappa shape index (κ3) is 3.41. The fourth-order valence-corrected chi connectivity index (χ4v) is 4.55. The number of carbonyl (C=O) groups excluding carboxylic acids is 1. The number of thiazole rings is 1. The predicted molar refractivity (Wildman–Crippen MR) is 89.0 cm³/mol. The topological polar surface area (TPSA) is 68.0 Å². The molecule has 3 rings (SSSR count). The minimum Gasteiger partial charge on any atom is -0.327 e. The lowest BCUT2D eigenvalue weighted by Crippen LogP contribution is -2.48. The molecule has 21 heavy (non-hydrogen) atoms. The predicted octanol–water partition coefficient (Wildman–Crippen LogP) is 3.27. The van der Waals surface area contributed by atoms with Gasteiger partial charge in [0, 0.05) is 16.8 Å². The largest absolute Gasteiger partial charge is 0.327 e. The number of anilines is 1. The van der Waals surface area contributed by atoms with Crippen molar-refractivity contribution >= 4 is 34.8 Å². The molecule has 2 aliphatic rings. The molecule has 2 bridgehead atoms. The van der Waals surface area contributed by atoms with Crippen LogP contribution in [0.5, 0.6) is 0 Å². The number of nitrogens with zero attached hydrogens (tertiary/aromatic N) is 1. The lowest BCUT2D eigenvalue weighted by atomic mass is 9.65. The monoisotopic (exact) mass is 329 g/mol. The summed E-state index contributed by atoms with van der Waals surface area (Å²) < 4.78 is 0. The number of nitrogens with two attached hydrogens (primary N) is 1. The summed E-state index contributed by atoms with van der Waals surface area (Å²) in [5.41, 5.74) is 7.29. The molecule has 6 heteroatoms. The standard InChI is InChI=1S/C15H23N3OS.ClH/c1-8-9(2)20-15(17-8)18-14(19)12-6-10-4-3-5-11(7-12)13(10)16;/h10-13H,3-7,16H2,1-2H3,(H,17,18,19);1H. The Bertz CT molecular complexity index is 486. The third-order valence-corrected chi connectivity index (χ3v) is 6.03. The highest BCUT2D eigenvalue weighted by Crippen LogP contribution is 2.42. The van der Waals surface area contributed by atoms with Crippen molar-refractivity contribution in [3.63, 3.8) is 0 Å². The van der Waals surface area contributed by atoms with Crippen LogP contribution >= 0.6 is 23.7 Å². The summed E-state index contributed by atoms with van der Waals surface area (Å²) >= 11 is 1.56. The number of hydrogen-bond acceptors (Lipinski definition) is 4. The number of halogens is 1. The van der Waals surface area contributed by atoms with E-state index in [0.29, 0.717) is 17.9 Å². The highest BCUT2D eigenvalue weighted by atomic mass is 35.5. The van der Waals surface area contributed by atoms with E-state index in [0.717, 1.165) is 23.7 Å². The van der Waals surface area contributed by atoms with Gasteiger partial charge in [0.1, 0.15) is 0 Å². The summed E-state index contributed by atoms with van der Waals surface area (Å²) in [6.07, 6.45) is 5.57. The van der Waals surface area contributed by atoms with Crippen LogP contribution in [0.25, 0.3) is 0 Å². The first-order chi connectivity index (χ1) is 9.54. The van der Waals surface area contributed by atoms with Crippen LogP contribution in [0.2, 0.25) is 0 Å². The first-order valence-corrected chi connectivity index (χ1v) is 8.36. The molecule has 1 heterocycles. The van der Waals surface area contributed by atoms with E-state index in [9.17, 15) is 4.79 Å². The van der Waals surface area contributed by atoms with Crippen LogP contribution in [0.1, 0.15) is 42.7 Å². The van der Waals surface area contributed by atoms with E-state index in [4.69, 9.17) is 5.73 Å². The maximum atomic E-state index is 12.4. The molecule has 2 fully saturated rings. The Labute approximate surface area is 136 Å². The van der Waals surface area contributed by atoms with E-state index in [1.165, 1.54) is 24.1 Å². The summed E-state index contributed by atoms with van der Waals surface area (Å²) in [6.45, 7) is 4.01. The molecular weight excluding hydrogens is 306 g/mol. The minimum atomic E-state index is 0. The molecule has 2 saturated carbocycles. The van der Waals surface area contributed by atoms with Gasteiger partial charge in [-0.1, -0.05) is 6.42 Å². The number of amides is 1. The molecule has 118 valence electrons. The zero-order valence-corrected chi connectivity index (χ0v) is 14.2. The normalized spacial score (nSPS) is 31.4. The number of nitrogens with one attached hydrogen (secondary N) is 1. The van der Waals surface area contributed by atoms with E-state index in [1.54, 1.807) is 11.3 Å². The van der Waals surface area contributed by atoms with Crippen molar-refractivity contribution in [2.45, 2.75) is 52.0 Å². The van der Waals surface area contributed by atoms with E-state index in [1.807, 2.05) is 13.8 Å². The number of rotatable bonds is 2.